The van der Waals surface area contributed by atoms with E-state index in [-0.39, 0.29) is 5.41 Å². The quantitative estimate of drug-likeness (QED) is 0.586. The fraction of sp³-hybridized carbons (Fsp3) is 0.727. The molecule has 0 amide bonds. The Kier molecular flexibility index (Phi) is 4.92. The maximum atomic E-state index is 10.2. The van der Waals surface area contributed by atoms with Gasteiger partial charge >= 0.3 is 0 Å². The van der Waals surface area contributed by atoms with Crippen LogP contribution in [-0.4, -0.2) is 31.8 Å². The first-order chi connectivity index (χ1) is 5.87. The number of carbonyl (C=O) groups excluding carboxylic acids is 1. The van der Waals surface area contributed by atoms with Crippen molar-refractivity contribution in [1.82, 2.24) is 4.90 Å². The summed E-state index contributed by atoms with van der Waals surface area (Å²) in [5.41, 5.74) is 0.815. The molecule has 0 aromatic carbocycles. The standard InChI is InChI=1S/C11H20NO/c1-10(8-13)6-7-11(2,3)9-12(4)5/h1,6-7,9H2,2-5H3. The highest BCUT2D eigenvalue weighted by Crippen LogP contribution is 2.24. The number of rotatable bonds is 6. The van der Waals surface area contributed by atoms with Crippen molar-refractivity contribution >= 4 is 6.29 Å². The van der Waals surface area contributed by atoms with Crippen molar-refractivity contribution in [2.45, 2.75) is 26.7 Å². The minimum Gasteiger partial charge on any atom is -0.309 e. The SMILES string of the molecule is C=C([C]=O)CCC(C)(C)CN(C)C. The third-order valence-corrected chi connectivity index (χ3v) is 1.99. The lowest BCUT2D eigenvalue weighted by Crippen LogP contribution is -2.28. The van der Waals surface area contributed by atoms with Crippen molar-refractivity contribution in [1.29, 1.82) is 0 Å². The smallest absolute Gasteiger partial charge is 0.228 e. The Morgan fingerprint density at radius 1 is 1.46 bits per heavy atom. The van der Waals surface area contributed by atoms with Crippen molar-refractivity contribution in [3.8, 4) is 0 Å². The van der Waals surface area contributed by atoms with Crippen molar-refractivity contribution in [3.05, 3.63) is 12.2 Å². The Morgan fingerprint density at radius 2 is 2.00 bits per heavy atom. The topological polar surface area (TPSA) is 20.3 Å². The fourth-order valence-corrected chi connectivity index (χ4v) is 1.48. The maximum absolute atomic E-state index is 10.2. The van der Waals surface area contributed by atoms with E-state index < -0.39 is 0 Å². The lowest BCUT2D eigenvalue weighted by molar-refractivity contribution is 0.226. The molecule has 0 aromatic rings. The van der Waals surface area contributed by atoms with Crippen LogP contribution in [0.4, 0.5) is 0 Å². The second kappa shape index (κ2) is 5.18. The van der Waals surface area contributed by atoms with Crippen LogP contribution in [0, 0.1) is 5.41 Å². The van der Waals surface area contributed by atoms with Gasteiger partial charge in [0.2, 0.25) is 6.29 Å². The monoisotopic (exact) mass is 182 g/mol. The normalized spacial score (nSPS) is 11.8. The van der Waals surface area contributed by atoms with E-state index in [0.717, 1.165) is 19.4 Å². The summed E-state index contributed by atoms with van der Waals surface area (Å²) in [5, 5.41) is 0. The van der Waals surface area contributed by atoms with E-state index in [2.05, 4.69) is 39.4 Å². The molecule has 0 atom stereocenters. The van der Waals surface area contributed by atoms with Gasteiger partial charge in [0.25, 0.3) is 0 Å². The van der Waals surface area contributed by atoms with Gasteiger partial charge in [0, 0.05) is 6.54 Å². The average Bonchev–Trinajstić information content (AvgIpc) is 1.98. The van der Waals surface area contributed by atoms with Crippen LogP contribution in [0.15, 0.2) is 12.2 Å². The van der Waals surface area contributed by atoms with Crippen LogP contribution in [0.5, 0.6) is 0 Å². The number of nitrogens with zero attached hydrogens (tertiary/aromatic N) is 1. The van der Waals surface area contributed by atoms with Crippen molar-refractivity contribution in [2.75, 3.05) is 20.6 Å². The molecule has 2 nitrogen and oxygen atoms in total. The molecule has 2 heteroatoms. The van der Waals surface area contributed by atoms with Gasteiger partial charge in [-0.25, -0.2) is 0 Å². The molecule has 0 unspecified atom stereocenters. The summed E-state index contributed by atoms with van der Waals surface area (Å²) in [6.07, 6.45) is 3.57. The number of hydrogen-bond donors (Lipinski definition) is 0. The lowest BCUT2D eigenvalue weighted by atomic mass is 9.86. The van der Waals surface area contributed by atoms with E-state index in [1.807, 2.05) is 6.29 Å². The highest BCUT2D eigenvalue weighted by molar-refractivity contribution is 5.72. The Hall–Kier alpha value is -0.630. The maximum Gasteiger partial charge on any atom is 0.228 e. The predicted octanol–water partition coefficient (Wildman–Crippen LogP) is 2.02. The largest absolute Gasteiger partial charge is 0.309 e. The Morgan fingerprint density at radius 3 is 2.38 bits per heavy atom. The first-order valence-electron chi connectivity index (χ1n) is 4.58. The molecular weight excluding hydrogens is 162 g/mol. The third kappa shape index (κ3) is 6.52. The molecule has 0 aliphatic heterocycles. The van der Waals surface area contributed by atoms with Crippen LogP contribution in [0.25, 0.3) is 0 Å². The first kappa shape index (κ1) is 12.4. The highest BCUT2D eigenvalue weighted by Gasteiger charge is 2.18. The molecule has 0 aromatic heterocycles. The van der Waals surface area contributed by atoms with Gasteiger partial charge in [-0.1, -0.05) is 20.4 Å². The molecule has 1 radical (unpaired) electrons. The molecular formula is C11H20NO. The molecule has 0 aliphatic carbocycles. The number of hydrogen-bond acceptors (Lipinski definition) is 2. The molecule has 0 fully saturated rings. The van der Waals surface area contributed by atoms with Gasteiger partial charge in [-0.2, -0.15) is 0 Å². The molecule has 13 heavy (non-hydrogen) atoms. The van der Waals surface area contributed by atoms with Gasteiger partial charge in [0.05, 0.1) is 0 Å². The van der Waals surface area contributed by atoms with Gasteiger partial charge in [0.15, 0.2) is 0 Å². The summed E-state index contributed by atoms with van der Waals surface area (Å²) in [6.45, 7) is 9.04. The predicted molar refractivity (Wildman–Crippen MR) is 56.4 cm³/mol. The third-order valence-electron chi connectivity index (χ3n) is 1.99. The Bertz CT molecular complexity index is 183. The highest BCUT2D eigenvalue weighted by atomic mass is 16.1. The average molecular weight is 182 g/mol. The minimum atomic E-state index is 0.239. The van der Waals surface area contributed by atoms with Crippen LogP contribution in [0.3, 0.4) is 0 Å². The Labute approximate surface area is 81.6 Å². The van der Waals surface area contributed by atoms with Crippen LogP contribution < -0.4 is 0 Å². The molecule has 0 N–H and O–H groups in total. The fourth-order valence-electron chi connectivity index (χ4n) is 1.48. The molecule has 0 spiro atoms. The second-order valence-electron chi connectivity index (χ2n) is 4.61. The lowest BCUT2D eigenvalue weighted by Gasteiger charge is -2.28. The zero-order valence-electron chi connectivity index (χ0n) is 9.18. The minimum absolute atomic E-state index is 0.239. The van der Waals surface area contributed by atoms with Gasteiger partial charge in [-0.05, 0) is 37.9 Å². The van der Waals surface area contributed by atoms with E-state index in [1.165, 1.54) is 0 Å². The van der Waals surface area contributed by atoms with Crippen LogP contribution in [-0.2, 0) is 4.79 Å². The van der Waals surface area contributed by atoms with Gasteiger partial charge in [-0.15, -0.1) is 0 Å². The molecule has 0 saturated heterocycles. The van der Waals surface area contributed by atoms with Crippen LogP contribution in [0.2, 0.25) is 0 Å². The van der Waals surface area contributed by atoms with Crippen molar-refractivity contribution in [2.24, 2.45) is 5.41 Å². The van der Waals surface area contributed by atoms with Crippen molar-refractivity contribution in [3.63, 3.8) is 0 Å². The summed E-state index contributed by atoms with van der Waals surface area (Å²) in [5.74, 6) is 0. The van der Waals surface area contributed by atoms with E-state index in [9.17, 15) is 4.79 Å². The van der Waals surface area contributed by atoms with Crippen molar-refractivity contribution < 1.29 is 4.79 Å². The molecule has 0 aliphatic rings. The molecule has 0 bridgehead atoms. The van der Waals surface area contributed by atoms with E-state index >= 15 is 0 Å². The first-order valence-corrected chi connectivity index (χ1v) is 4.58. The molecule has 0 heterocycles. The summed E-state index contributed by atoms with van der Waals surface area (Å²) in [7, 11) is 4.12. The summed E-state index contributed by atoms with van der Waals surface area (Å²) in [4.78, 5) is 12.4. The molecule has 75 valence electrons. The zero-order valence-corrected chi connectivity index (χ0v) is 9.18. The second-order valence-corrected chi connectivity index (χ2v) is 4.61. The van der Waals surface area contributed by atoms with Gasteiger partial charge < -0.3 is 4.90 Å². The van der Waals surface area contributed by atoms with E-state index in [0.29, 0.717) is 5.57 Å². The van der Waals surface area contributed by atoms with Gasteiger partial charge in [0.1, 0.15) is 0 Å². The van der Waals surface area contributed by atoms with E-state index in [4.69, 9.17) is 0 Å². The Balaban J connectivity index is 3.88. The molecule has 0 rings (SSSR count). The molecule has 0 saturated carbocycles. The van der Waals surface area contributed by atoms with Crippen LogP contribution in [0.1, 0.15) is 26.7 Å². The van der Waals surface area contributed by atoms with Gasteiger partial charge in [-0.3, -0.25) is 4.79 Å². The zero-order chi connectivity index (χ0) is 10.5. The number of allylic oxidation sites excluding steroid dienone is 1. The summed E-state index contributed by atoms with van der Waals surface area (Å²) in [6, 6.07) is 0. The summed E-state index contributed by atoms with van der Waals surface area (Å²) < 4.78 is 0. The summed E-state index contributed by atoms with van der Waals surface area (Å²) >= 11 is 0. The van der Waals surface area contributed by atoms with Crippen LogP contribution >= 0.6 is 0 Å². The van der Waals surface area contributed by atoms with E-state index in [1.54, 1.807) is 0 Å².